The number of carbonyl (C=O) groups is 2. The molecule has 0 fully saturated rings. The first kappa shape index (κ1) is 12.5. The van der Waals surface area contributed by atoms with Crippen LogP contribution in [0.1, 0.15) is 15.9 Å². The number of rotatable bonds is 3. The molecule has 0 radical (unpaired) electrons. The van der Waals surface area contributed by atoms with Gasteiger partial charge in [-0.15, -0.1) is 0 Å². The van der Waals surface area contributed by atoms with Gasteiger partial charge in [-0.05, 0) is 23.8 Å². The fourth-order valence-electron chi connectivity index (χ4n) is 1.20. The zero-order valence-corrected chi connectivity index (χ0v) is 9.14. The maximum absolute atomic E-state index is 11.3. The molecule has 0 unspecified atom stereocenters. The largest absolute Gasteiger partial charge is 0.465 e. The van der Waals surface area contributed by atoms with Gasteiger partial charge in [-0.1, -0.05) is 12.1 Å². The Hall–Kier alpha value is -2.61. The molecule has 0 aromatic heterocycles. The minimum absolute atomic E-state index is 0.174. The number of nitriles is 1. The van der Waals surface area contributed by atoms with E-state index in [2.05, 4.69) is 4.74 Å². The number of hydrogen-bond donors (Lipinski definition) is 1. The van der Waals surface area contributed by atoms with Crippen molar-refractivity contribution in [2.75, 3.05) is 7.11 Å². The molecule has 0 atom stereocenters. The average Bonchev–Trinajstić information content (AvgIpc) is 2.34. The minimum atomic E-state index is -0.809. The quantitative estimate of drug-likeness (QED) is 0.473. The molecule has 1 aromatic rings. The number of nitrogens with zero attached hydrogens (tertiary/aromatic N) is 1. The van der Waals surface area contributed by atoms with Gasteiger partial charge < -0.3 is 10.5 Å². The van der Waals surface area contributed by atoms with Gasteiger partial charge in [-0.25, -0.2) is 4.79 Å². The van der Waals surface area contributed by atoms with Crippen LogP contribution in [0.2, 0.25) is 0 Å². The van der Waals surface area contributed by atoms with E-state index in [4.69, 9.17) is 11.0 Å². The molecule has 0 spiro atoms. The summed E-state index contributed by atoms with van der Waals surface area (Å²) in [6.07, 6.45) is 1.31. The number of nitrogens with two attached hydrogens (primary N) is 1. The van der Waals surface area contributed by atoms with E-state index in [9.17, 15) is 9.59 Å². The van der Waals surface area contributed by atoms with Gasteiger partial charge in [-0.3, -0.25) is 4.79 Å². The molecule has 0 bridgehead atoms. The van der Waals surface area contributed by atoms with Gasteiger partial charge in [0.15, 0.2) is 0 Å². The van der Waals surface area contributed by atoms with Crippen LogP contribution in [-0.2, 0) is 9.53 Å². The number of amides is 1. The molecular formula is C12H10N2O3. The third-order valence-electron chi connectivity index (χ3n) is 2.00. The molecule has 0 heterocycles. The van der Waals surface area contributed by atoms with Crippen molar-refractivity contribution in [3.05, 3.63) is 41.0 Å². The molecule has 0 aliphatic heterocycles. The van der Waals surface area contributed by atoms with Crippen LogP contribution < -0.4 is 5.73 Å². The van der Waals surface area contributed by atoms with Gasteiger partial charge in [0, 0.05) is 0 Å². The number of carbonyl (C=O) groups excluding carboxylic acids is 2. The SMILES string of the molecule is COC(=O)c1cccc(/C=C(\C#N)C(N)=O)c1. The Kier molecular flexibility index (Phi) is 4.01. The Balaban J connectivity index is 3.13. The van der Waals surface area contributed by atoms with E-state index in [0.717, 1.165) is 0 Å². The first-order valence-electron chi connectivity index (χ1n) is 4.68. The lowest BCUT2D eigenvalue weighted by atomic mass is 10.1. The van der Waals surface area contributed by atoms with E-state index in [1.807, 2.05) is 0 Å². The lowest BCUT2D eigenvalue weighted by molar-refractivity contribution is -0.114. The number of ether oxygens (including phenoxy) is 1. The molecule has 0 saturated heterocycles. The zero-order valence-electron chi connectivity index (χ0n) is 9.14. The van der Waals surface area contributed by atoms with E-state index in [1.54, 1.807) is 24.3 Å². The van der Waals surface area contributed by atoms with Crippen molar-refractivity contribution in [2.45, 2.75) is 0 Å². The lowest BCUT2D eigenvalue weighted by Crippen LogP contribution is -2.12. The second-order valence-electron chi connectivity index (χ2n) is 3.15. The summed E-state index contributed by atoms with van der Waals surface area (Å²) < 4.78 is 4.55. The molecule has 5 nitrogen and oxygen atoms in total. The van der Waals surface area contributed by atoms with Crippen molar-refractivity contribution < 1.29 is 14.3 Å². The summed E-state index contributed by atoms with van der Waals surface area (Å²) in [4.78, 5) is 22.1. The first-order chi connectivity index (χ1) is 8.08. The van der Waals surface area contributed by atoms with Gasteiger partial charge >= 0.3 is 5.97 Å². The molecule has 86 valence electrons. The molecule has 1 amide bonds. The predicted molar refractivity (Wildman–Crippen MR) is 60.6 cm³/mol. The van der Waals surface area contributed by atoms with Crippen LogP contribution in [0.25, 0.3) is 6.08 Å². The summed E-state index contributed by atoms with van der Waals surface area (Å²) >= 11 is 0. The number of primary amides is 1. The Morgan fingerprint density at radius 3 is 2.71 bits per heavy atom. The van der Waals surface area contributed by atoms with Crippen LogP contribution in [0.4, 0.5) is 0 Å². The normalized spacial score (nSPS) is 10.5. The molecule has 0 aliphatic rings. The average molecular weight is 230 g/mol. The van der Waals surface area contributed by atoms with Gasteiger partial charge in [-0.2, -0.15) is 5.26 Å². The number of hydrogen-bond acceptors (Lipinski definition) is 4. The highest BCUT2D eigenvalue weighted by Crippen LogP contribution is 2.10. The molecular weight excluding hydrogens is 220 g/mol. The highest BCUT2D eigenvalue weighted by molar-refractivity contribution is 6.00. The maximum Gasteiger partial charge on any atom is 0.337 e. The van der Waals surface area contributed by atoms with Crippen LogP contribution in [0, 0.1) is 11.3 Å². The lowest BCUT2D eigenvalue weighted by Gasteiger charge is -2.00. The number of methoxy groups -OCH3 is 1. The van der Waals surface area contributed by atoms with Crippen LogP contribution in [0.3, 0.4) is 0 Å². The number of benzene rings is 1. The summed E-state index contributed by atoms with van der Waals surface area (Å²) in [7, 11) is 1.27. The molecule has 0 saturated carbocycles. The van der Waals surface area contributed by atoms with Crippen molar-refractivity contribution in [3.8, 4) is 6.07 Å². The van der Waals surface area contributed by atoms with Crippen molar-refractivity contribution in [2.24, 2.45) is 5.73 Å². The van der Waals surface area contributed by atoms with Crippen molar-refractivity contribution >= 4 is 18.0 Å². The van der Waals surface area contributed by atoms with Gasteiger partial charge in [0.1, 0.15) is 11.6 Å². The number of esters is 1. The maximum atomic E-state index is 11.3. The summed E-state index contributed by atoms with van der Waals surface area (Å²) in [6.45, 7) is 0. The predicted octanol–water partition coefficient (Wildman–Crippen LogP) is 0.865. The summed E-state index contributed by atoms with van der Waals surface area (Å²) in [5.74, 6) is -1.30. The van der Waals surface area contributed by atoms with E-state index in [0.29, 0.717) is 11.1 Å². The molecule has 0 aliphatic carbocycles. The summed E-state index contributed by atoms with van der Waals surface area (Å²) in [6, 6.07) is 8.02. The van der Waals surface area contributed by atoms with Crippen LogP contribution in [-0.4, -0.2) is 19.0 Å². The molecule has 1 aromatic carbocycles. The molecule has 17 heavy (non-hydrogen) atoms. The highest BCUT2D eigenvalue weighted by Gasteiger charge is 2.07. The van der Waals surface area contributed by atoms with Crippen molar-refractivity contribution in [3.63, 3.8) is 0 Å². The summed E-state index contributed by atoms with van der Waals surface area (Å²) in [5, 5.41) is 8.67. The third kappa shape index (κ3) is 3.18. The Morgan fingerprint density at radius 2 is 2.18 bits per heavy atom. The molecule has 5 heteroatoms. The first-order valence-corrected chi connectivity index (χ1v) is 4.68. The fraction of sp³-hybridized carbons (Fsp3) is 0.0833. The second kappa shape index (κ2) is 5.47. The van der Waals surface area contributed by atoms with Crippen molar-refractivity contribution in [1.82, 2.24) is 0 Å². The van der Waals surface area contributed by atoms with E-state index in [1.165, 1.54) is 19.3 Å². The smallest absolute Gasteiger partial charge is 0.337 e. The Morgan fingerprint density at radius 1 is 1.47 bits per heavy atom. The fourth-order valence-corrected chi connectivity index (χ4v) is 1.20. The van der Waals surface area contributed by atoms with Crippen LogP contribution in [0.15, 0.2) is 29.8 Å². The van der Waals surface area contributed by atoms with E-state index in [-0.39, 0.29) is 5.57 Å². The van der Waals surface area contributed by atoms with E-state index >= 15 is 0 Å². The summed E-state index contributed by atoms with van der Waals surface area (Å²) in [5.41, 5.74) is 5.69. The second-order valence-corrected chi connectivity index (χ2v) is 3.15. The van der Waals surface area contributed by atoms with Gasteiger partial charge in [0.05, 0.1) is 12.7 Å². The minimum Gasteiger partial charge on any atom is -0.465 e. The van der Waals surface area contributed by atoms with Crippen molar-refractivity contribution in [1.29, 1.82) is 5.26 Å². The Bertz CT molecular complexity index is 527. The third-order valence-corrected chi connectivity index (χ3v) is 2.00. The zero-order chi connectivity index (χ0) is 12.8. The van der Waals surface area contributed by atoms with Crippen LogP contribution >= 0.6 is 0 Å². The molecule has 1 rings (SSSR count). The topological polar surface area (TPSA) is 93.2 Å². The highest BCUT2D eigenvalue weighted by atomic mass is 16.5. The Labute approximate surface area is 98.1 Å². The monoisotopic (exact) mass is 230 g/mol. The van der Waals surface area contributed by atoms with E-state index < -0.39 is 11.9 Å². The van der Waals surface area contributed by atoms with Gasteiger partial charge in [0.2, 0.25) is 0 Å². The van der Waals surface area contributed by atoms with Crippen LogP contribution in [0.5, 0.6) is 0 Å². The van der Waals surface area contributed by atoms with Gasteiger partial charge in [0.25, 0.3) is 5.91 Å². The molecule has 2 N–H and O–H groups in total. The standard InChI is InChI=1S/C12H10N2O3/c1-17-12(16)9-4-2-3-8(5-9)6-10(7-13)11(14)15/h2-6H,1H3,(H2,14,15)/b10-6+.